The van der Waals surface area contributed by atoms with Crippen LogP contribution in [0.5, 0.6) is 5.75 Å². The lowest BCUT2D eigenvalue weighted by Gasteiger charge is -2.07. The van der Waals surface area contributed by atoms with E-state index in [2.05, 4.69) is 48.1 Å². The van der Waals surface area contributed by atoms with Crippen molar-refractivity contribution in [2.24, 2.45) is 0 Å². The lowest BCUT2D eigenvalue weighted by molar-refractivity contribution is 0.122. The van der Waals surface area contributed by atoms with Crippen LogP contribution in [0.4, 0.5) is 0 Å². The van der Waals surface area contributed by atoms with Crippen molar-refractivity contribution in [2.75, 3.05) is 19.8 Å². The fourth-order valence-corrected chi connectivity index (χ4v) is 3.88. The molecule has 4 heteroatoms. The summed E-state index contributed by atoms with van der Waals surface area (Å²) >= 11 is 0. The van der Waals surface area contributed by atoms with Crippen LogP contribution in [0.15, 0.2) is 36.7 Å². The third kappa shape index (κ3) is 12.8. The van der Waals surface area contributed by atoms with Crippen molar-refractivity contribution < 1.29 is 9.47 Å². The number of aromatic nitrogens is 2. The van der Waals surface area contributed by atoms with E-state index in [1.807, 2.05) is 0 Å². The molecule has 0 radical (unpaired) electrons. The van der Waals surface area contributed by atoms with E-state index >= 15 is 0 Å². The molecule has 1 aromatic carbocycles. The molecule has 0 aliphatic heterocycles. The summed E-state index contributed by atoms with van der Waals surface area (Å²) in [6.45, 7) is 6.88. The third-order valence-electron chi connectivity index (χ3n) is 6.00. The average Bonchev–Trinajstić information content (AvgIpc) is 2.85. The Balaban J connectivity index is 1.58. The van der Waals surface area contributed by atoms with E-state index in [1.165, 1.54) is 76.2 Å². The summed E-state index contributed by atoms with van der Waals surface area (Å²) < 4.78 is 11.5. The number of unbranched alkanes of at least 4 members (excludes halogenated alkanes) is 10. The van der Waals surface area contributed by atoms with Crippen LogP contribution in [0.25, 0.3) is 11.4 Å². The van der Waals surface area contributed by atoms with Gasteiger partial charge in [-0.05, 0) is 37.7 Å². The largest absolute Gasteiger partial charge is 0.490 e. The SMILES string of the molecule is CCCCCCCCCc1ccc(-c2ncc(OCCCCOCCCCCC)cn2)cc1. The average molecular weight is 455 g/mol. The Morgan fingerprint density at radius 2 is 1.15 bits per heavy atom. The Hall–Kier alpha value is -1.94. The first-order chi connectivity index (χ1) is 16.3. The predicted octanol–water partition coefficient (Wildman–Crippen LogP) is 8.19. The standard InChI is InChI=1S/C29H46N2O2/c1-3-5-7-9-10-11-12-16-26-17-19-27(20-18-26)29-30-24-28(25-31-29)33-23-15-14-22-32-21-13-8-6-4-2/h17-20,24-25H,3-16,21-23H2,1-2H3. The second-order valence-corrected chi connectivity index (χ2v) is 9.04. The van der Waals surface area contributed by atoms with Gasteiger partial charge in [-0.3, -0.25) is 0 Å². The zero-order valence-corrected chi connectivity index (χ0v) is 21.2. The van der Waals surface area contributed by atoms with E-state index in [9.17, 15) is 0 Å². The molecule has 0 unspecified atom stereocenters. The van der Waals surface area contributed by atoms with Crippen LogP contribution in [0.1, 0.15) is 103 Å². The number of rotatable bonds is 20. The molecule has 4 nitrogen and oxygen atoms in total. The van der Waals surface area contributed by atoms with Gasteiger partial charge in [0.1, 0.15) is 0 Å². The highest BCUT2D eigenvalue weighted by Crippen LogP contribution is 2.19. The van der Waals surface area contributed by atoms with Gasteiger partial charge in [0.25, 0.3) is 0 Å². The predicted molar refractivity (Wildman–Crippen MR) is 139 cm³/mol. The molecule has 0 bridgehead atoms. The minimum absolute atomic E-state index is 0.676. The zero-order chi connectivity index (χ0) is 23.4. The van der Waals surface area contributed by atoms with Crippen molar-refractivity contribution in [3.05, 3.63) is 42.2 Å². The van der Waals surface area contributed by atoms with Gasteiger partial charge >= 0.3 is 0 Å². The normalized spacial score (nSPS) is 11.1. The second-order valence-electron chi connectivity index (χ2n) is 9.04. The van der Waals surface area contributed by atoms with E-state index in [4.69, 9.17) is 9.47 Å². The van der Waals surface area contributed by atoms with Crippen LogP contribution < -0.4 is 4.74 Å². The molecule has 0 saturated carbocycles. The lowest BCUT2D eigenvalue weighted by atomic mass is 10.0. The molecule has 0 amide bonds. The van der Waals surface area contributed by atoms with Gasteiger partial charge in [-0.2, -0.15) is 0 Å². The highest BCUT2D eigenvalue weighted by atomic mass is 16.5. The number of ether oxygens (including phenoxy) is 2. The third-order valence-corrected chi connectivity index (χ3v) is 6.00. The maximum absolute atomic E-state index is 5.78. The van der Waals surface area contributed by atoms with Gasteiger partial charge < -0.3 is 9.47 Å². The summed E-state index contributed by atoms with van der Waals surface area (Å²) in [5, 5.41) is 0. The summed E-state index contributed by atoms with van der Waals surface area (Å²) in [6.07, 6.45) is 21.2. The lowest BCUT2D eigenvalue weighted by Crippen LogP contribution is -2.02. The molecule has 0 spiro atoms. The fraction of sp³-hybridized carbons (Fsp3) is 0.655. The van der Waals surface area contributed by atoms with Crippen LogP contribution in [-0.4, -0.2) is 29.8 Å². The number of benzene rings is 1. The molecule has 2 aromatic rings. The molecule has 0 atom stereocenters. The van der Waals surface area contributed by atoms with Gasteiger partial charge in [-0.25, -0.2) is 9.97 Å². The molecule has 33 heavy (non-hydrogen) atoms. The first-order valence-corrected chi connectivity index (χ1v) is 13.5. The summed E-state index contributed by atoms with van der Waals surface area (Å²) in [5.74, 6) is 1.48. The van der Waals surface area contributed by atoms with Gasteiger partial charge in [0.2, 0.25) is 0 Å². The molecule has 1 heterocycles. The van der Waals surface area contributed by atoms with Crippen molar-refractivity contribution in [1.29, 1.82) is 0 Å². The summed E-state index contributed by atoms with van der Waals surface area (Å²) in [6, 6.07) is 8.70. The molecule has 0 saturated heterocycles. The number of aryl methyl sites for hydroxylation is 1. The smallest absolute Gasteiger partial charge is 0.159 e. The van der Waals surface area contributed by atoms with Crippen molar-refractivity contribution in [3.8, 4) is 17.1 Å². The Kier molecular flexibility index (Phi) is 15.3. The minimum atomic E-state index is 0.676. The first-order valence-electron chi connectivity index (χ1n) is 13.5. The van der Waals surface area contributed by atoms with E-state index in [-0.39, 0.29) is 0 Å². The molecule has 0 N–H and O–H groups in total. The number of hydrogen-bond acceptors (Lipinski definition) is 4. The highest BCUT2D eigenvalue weighted by Gasteiger charge is 2.03. The van der Waals surface area contributed by atoms with Gasteiger partial charge in [-0.15, -0.1) is 0 Å². The summed E-state index contributed by atoms with van der Waals surface area (Å²) in [5.41, 5.74) is 2.46. The number of nitrogens with zero attached hydrogens (tertiary/aromatic N) is 2. The van der Waals surface area contributed by atoms with Crippen LogP contribution in [-0.2, 0) is 11.2 Å². The maximum Gasteiger partial charge on any atom is 0.159 e. The van der Waals surface area contributed by atoms with Gasteiger partial charge in [0, 0.05) is 18.8 Å². The number of hydrogen-bond donors (Lipinski definition) is 0. The van der Waals surface area contributed by atoms with Crippen LogP contribution in [0.3, 0.4) is 0 Å². The van der Waals surface area contributed by atoms with Crippen LogP contribution >= 0.6 is 0 Å². The Bertz CT molecular complexity index is 701. The molecule has 0 aliphatic carbocycles. The molecular formula is C29H46N2O2. The fourth-order valence-electron chi connectivity index (χ4n) is 3.88. The van der Waals surface area contributed by atoms with Gasteiger partial charge in [0.05, 0.1) is 19.0 Å². The Morgan fingerprint density at radius 3 is 1.82 bits per heavy atom. The monoisotopic (exact) mass is 454 g/mol. The van der Waals surface area contributed by atoms with Crippen LogP contribution in [0.2, 0.25) is 0 Å². The van der Waals surface area contributed by atoms with Crippen LogP contribution in [0, 0.1) is 0 Å². The van der Waals surface area contributed by atoms with Crippen molar-refractivity contribution in [2.45, 2.75) is 104 Å². The highest BCUT2D eigenvalue weighted by molar-refractivity contribution is 5.55. The van der Waals surface area contributed by atoms with E-state index < -0.39 is 0 Å². The first kappa shape index (κ1) is 27.3. The molecule has 2 rings (SSSR count). The molecular weight excluding hydrogens is 408 g/mol. The molecule has 184 valence electrons. The zero-order valence-electron chi connectivity index (χ0n) is 21.2. The Morgan fingerprint density at radius 1 is 0.606 bits per heavy atom. The van der Waals surface area contributed by atoms with E-state index in [1.54, 1.807) is 12.4 Å². The van der Waals surface area contributed by atoms with E-state index in [0.29, 0.717) is 6.61 Å². The summed E-state index contributed by atoms with van der Waals surface area (Å²) in [7, 11) is 0. The van der Waals surface area contributed by atoms with Crippen molar-refractivity contribution in [1.82, 2.24) is 9.97 Å². The van der Waals surface area contributed by atoms with Crippen molar-refractivity contribution in [3.63, 3.8) is 0 Å². The van der Waals surface area contributed by atoms with Gasteiger partial charge in [-0.1, -0.05) is 95.9 Å². The molecule has 0 fully saturated rings. The maximum atomic E-state index is 5.78. The van der Waals surface area contributed by atoms with E-state index in [0.717, 1.165) is 49.6 Å². The van der Waals surface area contributed by atoms with Crippen molar-refractivity contribution >= 4 is 0 Å². The quantitative estimate of drug-likeness (QED) is 0.189. The summed E-state index contributed by atoms with van der Waals surface area (Å²) in [4.78, 5) is 8.99. The second kappa shape index (κ2) is 18.5. The Labute approximate surface area is 202 Å². The van der Waals surface area contributed by atoms with Gasteiger partial charge in [0.15, 0.2) is 11.6 Å². The molecule has 0 aliphatic rings. The topological polar surface area (TPSA) is 44.2 Å². The minimum Gasteiger partial charge on any atom is -0.490 e. The molecule has 1 aromatic heterocycles.